The molecule has 0 radical (unpaired) electrons. The molecule has 0 saturated carbocycles. The summed E-state index contributed by atoms with van der Waals surface area (Å²) in [7, 11) is 0. The van der Waals surface area contributed by atoms with Crippen molar-refractivity contribution in [2.45, 2.75) is 71.1 Å². The molecular formula is C40H50N6O8S4. The summed E-state index contributed by atoms with van der Waals surface area (Å²) in [4.78, 5) is 63.8. The van der Waals surface area contributed by atoms with E-state index in [9.17, 15) is 29.4 Å². The van der Waals surface area contributed by atoms with Crippen molar-refractivity contribution in [1.29, 1.82) is 0 Å². The number of hydrogen-bond acceptors (Lipinski definition) is 12. The Morgan fingerprint density at radius 2 is 1.33 bits per heavy atom. The van der Waals surface area contributed by atoms with E-state index >= 15 is 0 Å². The maximum Gasteiger partial charge on any atom is 0.320 e. The lowest BCUT2D eigenvalue weighted by molar-refractivity contribution is -0.143. The molecule has 3 aliphatic rings. The Morgan fingerprint density at radius 1 is 0.793 bits per heavy atom. The smallest absolute Gasteiger partial charge is 0.320 e. The second kappa shape index (κ2) is 20.4. The van der Waals surface area contributed by atoms with Crippen LogP contribution in [0.3, 0.4) is 0 Å². The number of nitrogens with one attached hydrogen (secondary N) is 3. The van der Waals surface area contributed by atoms with Gasteiger partial charge in [0.05, 0.1) is 11.4 Å². The molecule has 7 rings (SSSR count). The Kier molecular flexibility index (Phi) is 15.9. The Hall–Kier alpha value is -3.88. The molecular weight excluding hydrogens is 821 g/mol. The average molecular weight is 871 g/mol. The number of anilines is 2. The number of nitrogens with zero attached hydrogens (tertiary/aromatic N) is 3. The monoisotopic (exact) mass is 870 g/mol. The number of fused-ring (bicyclic) bond motifs is 1. The van der Waals surface area contributed by atoms with Gasteiger partial charge in [0.2, 0.25) is 0 Å². The summed E-state index contributed by atoms with van der Waals surface area (Å²) in [6, 6.07) is 12.0. The maximum absolute atomic E-state index is 13.9. The number of carbonyl (C=O) groups excluding carboxylic acids is 2. The molecule has 58 heavy (non-hydrogen) atoms. The molecule has 3 aliphatic heterocycles. The number of rotatable bonds is 14. The predicted molar refractivity (Wildman–Crippen MR) is 233 cm³/mol. The largest absolute Gasteiger partial charge is 0.480 e. The van der Waals surface area contributed by atoms with Gasteiger partial charge < -0.3 is 29.9 Å². The molecule has 2 saturated heterocycles. The Balaban J connectivity index is 0.00000320. The molecule has 2 aromatic heterocycles. The van der Waals surface area contributed by atoms with E-state index in [1.54, 1.807) is 4.90 Å². The highest BCUT2D eigenvalue weighted by atomic mass is 32.1. The van der Waals surface area contributed by atoms with Crippen molar-refractivity contribution in [1.82, 2.24) is 20.6 Å². The standard InChI is InChI=1S/C40H46N6O8S2.2H2S/c1-22-31(20-41-33(39(49)50)24-10-15-53-16-11-24)55-36(43-22)35(47)45-27-6-3-5-26(19-27)28-7-4-8-30-29(28)9-14-46(30)38(48)37-44-23(2)32(56-37)21-42-34(40(51)52)25-12-17-54-18-13-25;;/h3-8,19,24-25,33-34,41-42H,9-18,20-21H2,1-2H3,(H,45,47)(H,49,50)(H,51,52);2*1H2/t33-,34-;;/m0../s1. The molecule has 14 nitrogen and oxygen atoms in total. The Bertz CT molecular complexity index is 2100. The number of carbonyl (C=O) groups is 4. The van der Waals surface area contributed by atoms with E-state index in [1.165, 1.54) is 22.7 Å². The summed E-state index contributed by atoms with van der Waals surface area (Å²) in [5.41, 5.74) is 5.64. The first-order valence-electron chi connectivity index (χ1n) is 18.9. The molecule has 0 aliphatic carbocycles. The number of ether oxygens (including phenoxy) is 2. The number of benzene rings is 2. The third-order valence-electron chi connectivity index (χ3n) is 10.8. The molecule has 0 spiro atoms. The number of aliphatic carboxylic acids is 2. The highest BCUT2D eigenvalue weighted by Gasteiger charge is 2.33. The van der Waals surface area contributed by atoms with Gasteiger partial charge in [0.15, 0.2) is 10.0 Å². The van der Waals surface area contributed by atoms with E-state index < -0.39 is 24.0 Å². The van der Waals surface area contributed by atoms with Crippen molar-refractivity contribution in [3.63, 3.8) is 0 Å². The van der Waals surface area contributed by atoms with Gasteiger partial charge in [0, 0.05) is 67.2 Å². The lowest BCUT2D eigenvalue weighted by Gasteiger charge is -2.28. The minimum absolute atomic E-state index is 0. The van der Waals surface area contributed by atoms with Crippen LogP contribution >= 0.6 is 49.7 Å². The molecule has 5 heterocycles. The van der Waals surface area contributed by atoms with Gasteiger partial charge in [0.1, 0.15) is 12.1 Å². The zero-order chi connectivity index (χ0) is 39.3. The van der Waals surface area contributed by atoms with Crippen LogP contribution in [-0.2, 0) is 38.6 Å². The summed E-state index contributed by atoms with van der Waals surface area (Å²) >= 11 is 2.53. The number of thiazole rings is 2. The van der Waals surface area contributed by atoms with E-state index in [4.69, 9.17) is 9.47 Å². The normalized spacial score (nSPS) is 16.8. The minimum Gasteiger partial charge on any atom is -0.480 e. The van der Waals surface area contributed by atoms with Gasteiger partial charge in [0.25, 0.3) is 11.8 Å². The van der Waals surface area contributed by atoms with Crippen LogP contribution in [0.1, 0.15) is 72.0 Å². The minimum atomic E-state index is -0.896. The van der Waals surface area contributed by atoms with Crippen molar-refractivity contribution >= 4 is 84.8 Å². The van der Waals surface area contributed by atoms with E-state index in [0.717, 1.165) is 32.1 Å². The van der Waals surface area contributed by atoms with Crippen molar-refractivity contribution < 1.29 is 38.9 Å². The van der Waals surface area contributed by atoms with Gasteiger partial charge in [-0.05, 0) is 92.7 Å². The number of amides is 2. The van der Waals surface area contributed by atoms with E-state index in [1.807, 2.05) is 56.3 Å². The van der Waals surface area contributed by atoms with Gasteiger partial charge in [-0.15, -0.1) is 22.7 Å². The van der Waals surface area contributed by atoms with Crippen LogP contribution in [0.15, 0.2) is 42.5 Å². The SMILES string of the molecule is Cc1nc(C(=O)Nc2cccc(-c3cccc4c3CCN4C(=O)c3nc(C)c(CN[C@H](C(=O)O)C4CCOCC4)s3)c2)sc1CN[C@H](C(=O)O)C1CCOCC1.S.S. The molecule has 0 bridgehead atoms. The van der Waals surface area contributed by atoms with Crippen molar-refractivity contribution in [2.75, 3.05) is 43.2 Å². The number of aryl methyl sites for hydroxylation is 2. The van der Waals surface area contributed by atoms with Crippen molar-refractivity contribution in [2.24, 2.45) is 11.8 Å². The van der Waals surface area contributed by atoms with Crippen LogP contribution < -0.4 is 20.9 Å². The third kappa shape index (κ3) is 10.3. The summed E-state index contributed by atoms with van der Waals surface area (Å²) in [5, 5.41) is 29.7. The van der Waals surface area contributed by atoms with Gasteiger partial charge in [-0.2, -0.15) is 27.0 Å². The van der Waals surface area contributed by atoms with Crippen LogP contribution in [-0.4, -0.2) is 89.0 Å². The lowest BCUT2D eigenvalue weighted by Crippen LogP contribution is -2.44. The molecule has 312 valence electrons. The fraction of sp³-hybridized carbons (Fsp3) is 0.450. The molecule has 18 heteroatoms. The molecule has 2 atom stereocenters. The lowest BCUT2D eigenvalue weighted by atomic mass is 9.92. The third-order valence-corrected chi connectivity index (χ3v) is 13.1. The number of carboxylic acid groups (broad SMARTS) is 2. The Morgan fingerprint density at radius 3 is 1.90 bits per heavy atom. The average Bonchev–Trinajstić information content (AvgIpc) is 3.92. The van der Waals surface area contributed by atoms with E-state index in [2.05, 4.69) is 25.9 Å². The second-order valence-corrected chi connectivity index (χ2v) is 16.6. The first-order chi connectivity index (χ1) is 27.1. The molecule has 0 unspecified atom stereocenters. The van der Waals surface area contributed by atoms with Gasteiger partial charge in [-0.25, -0.2) is 9.97 Å². The highest BCUT2D eigenvalue weighted by molar-refractivity contribution is 7.59. The van der Waals surface area contributed by atoms with Crippen LogP contribution in [0, 0.1) is 25.7 Å². The van der Waals surface area contributed by atoms with E-state index in [0.29, 0.717) is 100 Å². The molecule has 2 aromatic carbocycles. The first-order valence-corrected chi connectivity index (χ1v) is 20.6. The van der Waals surface area contributed by atoms with Crippen LogP contribution in [0.4, 0.5) is 11.4 Å². The highest BCUT2D eigenvalue weighted by Crippen LogP contribution is 2.38. The van der Waals surface area contributed by atoms with Gasteiger partial charge in [-0.3, -0.25) is 29.8 Å². The zero-order valence-electron chi connectivity index (χ0n) is 32.3. The molecule has 2 amide bonds. The second-order valence-electron chi connectivity index (χ2n) is 14.4. The summed E-state index contributed by atoms with van der Waals surface area (Å²) < 4.78 is 10.8. The van der Waals surface area contributed by atoms with Gasteiger partial charge >= 0.3 is 11.9 Å². The zero-order valence-corrected chi connectivity index (χ0v) is 36.0. The fourth-order valence-electron chi connectivity index (χ4n) is 7.77. The summed E-state index contributed by atoms with van der Waals surface area (Å²) in [5.74, 6) is -2.38. The first kappa shape index (κ1) is 45.2. The predicted octanol–water partition coefficient (Wildman–Crippen LogP) is 5.50. The van der Waals surface area contributed by atoms with Crippen molar-refractivity contribution in [3.8, 4) is 11.1 Å². The van der Waals surface area contributed by atoms with Crippen LogP contribution in [0.25, 0.3) is 11.1 Å². The quantitative estimate of drug-likeness (QED) is 0.107. The molecule has 2 fully saturated rings. The summed E-state index contributed by atoms with van der Waals surface area (Å²) in [6.07, 6.45) is 3.38. The topological polar surface area (TPSA) is 192 Å². The molecule has 4 aromatic rings. The van der Waals surface area contributed by atoms with Crippen LogP contribution in [0.5, 0.6) is 0 Å². The number of carboxylic acids is 2. The van der Waals surface area contributed by atoms with Gasteiger partial charge in [-0.1, -0.05) is 24.3 Å². The number of hydrogen-bond donors (Lipinski definition) is 5. The fourth-order valence-corrected chi connectivity index (χ4v) is 9.64. The van der Waals surface area contributed by atoms with Crippen molar-refractivity contribution in [3.05, 3.63) is 79.2 Å². The summed E-state index contributed by atoms with van der Waals surface area (Å²) in [6.45, 7) is 6.96. The Labute approximate surface area is 359 Å². The van der Waals surface area contributed by atoms with E-state index in [-0.39, 0.29) is 55.6 Å². The van der Waals surface area contributed by atoms with Crippen LogP contribution in [0.2, 0.25) is 0 Å². The number of aromatic nitrogens is 2. The molecule has 5 N–H and O–H groups in total. The maximum atomic E-state index is 13.9.